The van der Waals surface area contributed by atoms with E-state index >= 15 is 0 Å². The van der Waals surface area contributed by atoms with Gasteiger partial charge in [0.05, 0.1) is 11.4 Å². The SMILES string of the molecule is C#CCN(C)S(=O)(=O)c1ccc(OCC(=O)O)cc1. The second-order valence-electron chi connectivity index (χ2n) is 3.62. The van der Waals surface area contributed by atoms with Crippen LogP contribution in [-0.2, 0) is 14.8 Å². The van der Waals surface area contributed by atoms with Gasteiger partial charge in [-0.15, -0.1) is 6.42 Å². The standard InChI is InChI=1S/C12H13NO5S/c1-3-8-13(2)19(16,17)11-6-4-10(5-7-11)18-9-12(14)15/h1,4-7H,8-9H2,2H3,(H,14,15). The van der Waals surface area contributed by atoms with Crippen LogP contribution in [0, 0.1) is 12.3 Å². The lowest BCUT2D eigenvalue weighted by molar-refractivity contribution is -0.139. The number of terminal acetylenes is 1. The summed E-state index contributed by atoms with van der Waals surface area (Å²) >= 11 is 0. The van der Waals surface area contributed by atoms with Crippen LogP contribution in [0.5, 0.6) is 5.75 Å². The number of carbonyl (C=O) groups is 1. The molecule has 0 radical (unpaired) electrons. The van der Waals surface area contributed by atoms with Gasteiger partial charge in [0.2, 0.25) is 10.0 Å². The fourth-order valence-electron chi connectivity index (χ4n) is 1.25. The zero-order valence-corrected chi connectivity index (χ0v) is 11.1. The molecule has 0 aromatic heterocycles. The molecule has 0 atom stereocenters. The second-order valence-corrected chi connectivity index (χ2v) is 5.66. The van der Waals surface area contributed by atoms with Gasteiger partial charge < -0.3 is 9.84 Å². The van der Waals surface area contributed by atoms with Crippen molar-refractivity contribution in [2.24, 2.45) is 0 Å². The van der Waals surface area contributed by atoms with Gasteiger partial charge in [-0.2, -0.15) is 4.31 Å². The minimum absolute atomic E-state index is 0.0282. The molecule has 0 aliphatic carbocycles. The lowest BCUT2D eigenvalue weighted by Gasteiger charge is -2.14. The summed E-state index contributed by atoms with van der Waals surface area (Å²) in [5.74, 6) is 1.42. The molecular formula is C12H13NO5S. The summed E-state index contributed by atoms with van der Waals surface area (Å²) in [5, 5.41) is 8.44. The van der Waals surface area contributed by atoms with Crippen LogP contribution >= 0.6 is 0 Å². The molecule has 1 aromatic rings. The third-order valence-electron chi connectivity index (χ3n) is 2.21. The molecule has 6 nitrogen and oxygen atoms in total. The molecule has 0 saturated carbocycles. The highest BCUT2D eigenvalue weighted by Crippen LogP contribution is 2.18. The van der Waals surface area contributed by atoms with Crippen molar-refractivity contribution in [3.8, 4) is 18.1 Å². The number of hydrogen-bond acceptors (Lipinski definition) is 4. The Kier molecular flexibility index (Phi) is 4.92. The maximum Gasteiger partial charge on any atom is 0.341 e. The fourth-order valence-corrected chi connectivity index (χ4v) is 2.33. The molecule has 1 N–H and O–H groups in total. The van der Waals surface area contributed by atoms with Crippen molar-refractivity contribution in [2.45, 2.75) is 4.90 Å². The van der Waals surface area contributed by atoms with E-state index in [1.807, 2.05) is 0 Å². The lowest BCUT2D eigenvalue weighted by Crippen LogP contribution is -2.27. The van der Waals surface area contributed by atoms with Gasteiger partial charge in [-0.1, -0.05) is 5.92 Å². The Bertz CT molecular complexity index is 586. The van der Waals surface area contributed by atoms with E-state index in [9.17, 15) is 13.2 Å². The molecule has 7 heteroatoms. The summed E-state index contributed by atoms with van der Waals surface area (Å²) in [5.41, 5.74) is 0. The van der Waals surface area contributed by atoms with Crippen LogP contribution in [-0.4, -0.2) is 44.0 Å². The van der Waals surface area contributed by atoms with Crippen LogP contribution in [0.2, 0.25) is 0 Å². The molecule has 0 unspecified atom stereocenters. The van der Waals surface area contributed by atoms with Crippen molar-refractivity contribution in [1.29, 1.82) is 0 Å². The van der Waals surface area contributed by atoms with Crippen LogP contribution in [0.25, 0.3) is 0 Å². The summed E-state index contributed by atoms with van der Waals surface area (Å²) in [6.45, 7) is -0.511. The van der Waals surface area contributed by atoms with Gasteiger partial charge in [-0.05, 0) is 24.3 Å². The Balaban J connectivity index is 2.87. The molecule has 0 heterocycles. The maximum atomic E-state index is 12.0. The molecule has 0 saturated heterocycles. The van der Waals surface area contributed by atoms with Gasteiger partial charge in [0.25, 0.3) is 0 Å². The molecular weight excluding hydrogens is 270 g/mol. The van der Waals surface area contributed by atoms with E-state index in [4.69, 9.17) is 16.3 Å². The number of nitrogens with zero attached hydrogens (tertiary/aromatic N) is 1. The smallest absolute Gasteiger partial charge is 0.341 e. The molecule has 0 aliphatic rings. The van der Waals surface area contributed by atoms with Gasteiger partial charge in [0.15, 0.2) is 6.61 Å². The van der Waals surface area contributed by atoms with E-state index in [0.29, 0.717) is 0 Å². The summed E-state index contributed by atoms with van der Waals surface area (Å²) < 4.78 is 29.9. The highest BCUT2D eigenvalue weighted by molar-refractivity contribution is 7.89. The number of sulfonamides is 1. The van der Waals surface area contributed by atoms with E-state index in [-0.39, 0.29) is 17.2 Å². The number of carboxylic acid groups (broad SMARTS) is 1. The highest BCUT2D eigenvalue weighted by atomic mass is 32.2. The Morgan fingerprint density at radius 1 is 1.42 bits per heavy atom. The molecule has 1 rings (SSSR count). The van der Waals surface area contributed by atoms with Crippen molar-refractivity contribution in [3.05, 3.63) is 24.3 Å². The molecule has 0 aliphatic heterocycles. The number of rotatable bonds is 6. The average molecular weight is 283 g/mol. The summed E-state index contributed by atoms with van der Waals surface area (Å²) in [7, 11) is -2.25. The Hall–Kier alpha value is -2.04. The Morgan fingerprint density at radius 3 is 2.47 bits per heavy atom. The topological polar surface area (TPSA) is 83.9 Å². The number of aliphatic carboxylic acids is 1. The largest absolute Gasteiger partial charge is 0.482 e. The molecule has 19 heavy (non-hydrogen) atoms. The molecule has 1 aromatic carbocycles. The van der Waals surface area contributed by atoms with Crippen molar-refractivity contribution in [2.75, 3.05) is 20.2 Å². The normalized spacial score (nSPS) is 11.0. The third kappa shape index (κ3) is 3.98. The van der Waals surface area contributed by atoms with Crippen LogP contribution in [0.1, 0.15) is 0 Å². The number of carboxylic acids is 1. The first kappa shape index (κ1) is 15.0. The van der Waals surface area contributed by atoms with Crippen LogP contribution in [0.3, 0.4) is 0 Å². The molecule has 0 bridgehead atoms. The number of benzene rings is 1. The van der Waals surface area contributed by atoms with E-state index in [2.05, 4.69) is 5.92 Å². The van der Waals surface area contributed by atoms with Crippen LogP contribution < -0.4 is 4.74 Å². The van der Waals surface area contributed by atoms with E-state index in [1.54, 1.807) is 0 Å². The first-order chi connectivity index (χ1) is 8.87. The fraction of sp³-hybridized carbons (Fsp3) is 0.250. The zero-order valence-electron chi connectivity index (χ0n) is 10.2. The molecule has 0 spiro atoms. The highest BCUT2D eigenvalue weighted by Gasteiger charge is 2.19. The summed E-state index contributed by atoms with van der Waals surface area (Å²) in [6, 6.07) is 5.44. The quantitative estimate of drug-likeness (QED) is 0.764. The number of ether oxygens (including phenoxy) is 1. The third-order valence-corrected chi connectivity index (χ3v) is 4.03. The molecule has 0 amide bonds. The minimum Gasteiger partial charge on any atom is -0.482 e. The summed E-state index contributed by atoms with van der Waals surface area (Å²) in [6.07, 6.45) is 5.06. The van der Waals surface area contributed by atoms with Crippen molar-refractivity contribution < 1.29 is 23.1 Å². The van der Waals surface area contributed by atoms with Gasteiger partial charge >= 0.3 is 5.97 Å². The van der Waals surface area contributed by atoms with E-state index in [0.717, 1.165) is 4.31 Å². The predicted molar refractivity (Wildman–Crippen MR) is 68.2 cm³/mol. The monoisotopic (exact) mass is 283 g/mol. The minimum atomic E-state index is -3.63. The molecule has 102 valence electrons. The maximum absolute atomic E-state index is 12.0. The zero-order chi connectivity index (χ0) is 14.5. The number of hydrogen-bond donors (Lipinski definition) is 1. The molecule has 0 fully saturated rings. The van der Waals surface area contributed by atoms with Crippen molar-refractivity contribution in [1.82, 2.24) is 4.31 Å². The van der Waals surface area contributed by atoms with Gasteiger partial charge in [0.1, 0.15) is 5.75 Å². The van der Waals surface area contributed by atoms with E-state index < -0.39 is 22.6 Å². The van der Waals surface area contributed by atoms with Crippen LogP contribution in [0.4, 0.5) is 0 Å². The Labute approximate surface area is 111 Å². The van der Waals surface area contributed by atoms with E-state index in [1.165, 1.54) is 31.3 Å². The van der Waals surface area contributed by atoms with Crippen molar-refractivity contribution >= 4 is 16.0 Å². The van der Waals surface area contributed by atoms with Gasteiger partial charge in [0, 0.05) is 7.05 Å². The predicted octanol–water partition coefficient (Wildman–Crippen LogP) is 0.404. The lowest BCUT2D eigenvalue weighted by atomic mass is 10.3. The van der Waals surface area contributed by atoms with Gasteiger partial charge in [-0.3, -0.25) is 0 Å². The summed E-state index contributed by atoms with van der Waals surface area (Å²) in [4.78, 5) is 10.4. The Morgan fingerprint density at radius 2 is 2.00 bits per heavy atom. The second kappa shape index (κ2) is 6.22. The first-order valence-corrected chi connectivity index (χ1v) is 6.66. The average Bonchev–Trinajstić information content (AvgIpc) is 2.37. The van der Waals surface area contributed by atoms with Crippen molar-refractivity contribution in [3.63, 3.8) is 0 Å². The first-order valence-electron chi connectivity index (χ1n) is 5.22. The van der Waals surface area contributed by atoms with Gasteiger partial charge in [-0.25, -0.2) is 13.2 Å². The van der Waals surface area contributed by atoms with Crippen LogP contribution in [0.15, 0.2) is 29.2 Å².